The Morgan fingerprint density at radius 2 is 1.21 bits per heavy atom. The smallest absolute Gasteiger partial charge is 0.332 e. The fraction of sp³-hybridized carbons (Fsp3) is 0.667. The third-order valence-electron chi connectivity index (χ3n) is 3.88. The molecular weight excluding hydrogens is 437 g/mol. The van der Waals surface area contributed by atoms with E-state index in [-0.39, 0.29) is 6.61 Å². The van der Waals surface area contributed by atoms with Gasteiger partial charge in [-0.25, -0.2) is 0 Å². The standard InChI is InChI=1S/C18H35O8P3/c1-16(2)7-5-8-17(3)9-6-10-18(4)11-12-26-13-27(19,14-28(20,21)22)15-29(23,24)25/h7,9,11H,5-6,8,10,12-15H2,1-4H3,(H2,20,21,22)(H2,23,24,25). The van der Waals surface area contributed by atoms with Gasteiger partial charge in [-0.15, -0.1) is 0 Å². The van der Waals surface area contributed by atoms with Crippen LogP contribution in [0.3, 0.4) is 0 Å². The lowest BCUT2D eigenvalue weighted by atomic mass is 10.1. The summed E-state index contributed by atoms with van der Waals surface area (Å²) >= 11 is 0. The highest BCUT2D eigenvalue weighted by atomic mass is 31.3. The maximum atomic E-state index is 12.5. The normalized spacial score (nSPS) is 14.2. The van der Waals surface area contributed by atoms with Crippen LogP contribution in [-0.4, -0.2) is 44.3 Å². The first-order valence-corrected chi connectivity index (χ1v) is 15.2. The number of ether oxygens (including phenoxy) is 1. The summed E-state index contributed by atoms with van der Waals surface area (Å²) in [6.45, 7) is 8.22. The minimum Gasteiger partial charge on any atom is -0.370 e. The Labute approximate surface area is 173 Å². The molecule has 0 bridgehead atoms. The van der Waals surface area contributed by atoms with Crippen LogP contribution in [0.1, 0.15) is 53.4 Å². The Kier molecular flexibility index (Phi) is 13.1. The van der Waals surface area contributed by atoms with Crippen molar-refractivity contribution in [3.05, 3.63) is 34.9 Å². The van der Waals surface area contributed by atoms with Crippen molar-refractivity contribution in [3.63, 3.8) is 0 Å². The maximum absolute atomic E-state index is 12.5. The third-order valence-corrected chi connectivity index (χ3v) is 11.6. The summed E-state index contributed by atoms with van der Waals surface area (Å²) in [6.07, 6.45) is 9.30. The van der Waals surface area contributed by atoms with Gasteiger partial charge in [0.1, 0.15) is 25.3 Å². The molecule has 0 atom stereocenters. The van der Waals surface area contributed by atoms with Gasteiger partial charge in [0.2, 0.25) is 0 Å². The molecule has 0 radical (unpaired) electrons. The van der Waals surface area contributed by atoms with E-state index in [9.17, 15) is 13.7 Å². The summed E-state index contributed by atoms with van der Waals surface area (Å²) in [6, 6.07) is 0. The number of hydrogen-bond donors (Lipinski definition) is 4. The van der Waals surface area contributed by atoms with Crippen LogP contribution in [0.15, 0.2) is 34.9 Å². The van der Waals surface area contributed by atoms with E-state index >= 15 is 0 Å². The highest BCUT2D eigenvalue weighted by Crippen LogP contribution is 2.63. The minimum absolute atomic E-state index is 0.0570. The number of hydrogen-bond acceptors (Lipinski definition) is 4. The molecule has 0 rings (SSSR count). The fourth-order valence-electron chi connectivity index (χ4n) is 2.56. The van der Waals surface area contributed by atoms with Crippen LogP contribution in [0.5, 0.6) is 0 Å². The Morgan fingerprint density at radius 3 is 1.66 bits per heavy atom. The van der Waals surface area contributed by atoms with Crippen molar-refractivity contribution in [2.24, 2.45) is 0 Å². The van der Waals surface area contributed by atoms with Gasteiger partial charge in [-0.1, -0.05) is 34.9 Å². The summed E-state index contributed by atoms with van der Waals surface area (Å²) in [5.41, 5.74) is 3.67. The molecule has 0 spiro atoms. The quantitative estimate of drug-likeness (QED) is 0.157. The van der Waals surface area contributed by atoms with E-state index < -0.39 is 40.5 Å². The molecule has 8 nitrogen and oxygen atoms in total. The van der Waals surface area contributed by atoms with Crippen molar-refractivity contribution in [2.45, 2.75) is 53.4 Å². The molecule has 0 aliphatic carbocycles. The molecule has 0 saturated heterocycles. The minimum atomic E-state index is -4.69. The molecule has 170 valence electrons. The molecule has 0 amide bonds. The maximum Gasteiger partial charge on any atom is 0.332 e. The zero-order chi connectivity index (χ0) is 22.7. The van der Waals surface area contributed by atoms with Gasteiger partial charge in [0, 0.05) is 0 Å². The summed E-state index contributed by atoms with van der Waals surface area (Å²) < 4.78 is 40.0. The summed E-state index contributed by atoms with van der Waals surface area (Å²) in [7, 11) is -13.2. The summed E-state index contributed by atoms with van der Waals surface area (Å²) in [5, 5.41) is 0. The van der Waals surface area contributed by atoms with Crippen LogP contribution >= 0.6 is 22.3 Å². The molecule has 0 unspecified atom stereocenters. The van der Waals surface area contributed by atoms with Crippen LogP contribution in [0.25, 0.3) is 0 Å². The lowest BCUT2D eigenvalue weighted by Crippen LogP contribution is -2.05. The van der Waals surface area contributed by atoms with Crippen molar-refractivity contribution < 1.29 is 38.0 Å². The Bertz CT molecular complexity index is 710. The Hall–Kier alpha value is -0.290. The fourth-order valence-corrected chi connectivity index (χ4v) is 10.2. The molecule has 0 aromatic carbocycles. The van der Waals surface area contributed by atoms with Gasteiger partial charge in [0.15, 0.2) is 0 Å². The molecule has 4 N–H and O–H groups in total. The second-order valence-corrected chi connectivity index (χ2v) is 14.9. The van der Waals surface area contributed by atoms with Crippen LogP contribution in [0, 0.1) is 0 Å². The first kappa shape index (κ1) is 28.7. The van der Waals surface area contributed by atoms with Crippen molar-refractivity contribution >= 4 is 22.3 Å². The molecule has 0 aliphatic rings. The van der Waals surface area contributed by atoms with E-state index in [1.54, 1.807) is 6.08 Å². The van der Waals surface area contributed by atoms with E-state index in [4.69, 9.17) is 24.3 Å². The van der Waals surface area contributed by atoms with Gasteiger partial charge in [-0.3, -0.25) is 9.13 Å². The zero-order valence-electron chi connectivity index (χ0n) is 17.7. The lowest BCUT2D eigenvalue weighted by Gasteiger charge is -2.19. The largest absolute Gasteiger partial charge is 0.370 e. The molecule has 0 aromatic rings. The average molecular weight is 472 g/mol. The molecular formula is C18H35O8P3. The van der Waals surface area contributed by atoms with E-state index in [1.807, 2.05) is 6.92 Å². The van der Waals surface area contributed by atoms with Gasteiger partial charge < -0.3 is 28.9 Å². The highest BCUT2D eigenvalue weighted by molar-refractivity contribution is 7.82. The molecule has 0 fully saturated rings. The molecule has 0 aliphatic heterocycles. The predicted molar refractivity (Wildman–Crippen MR) is 118 cm³/mol. The van der Waals surface area contributed by atoms with Gasteiger partial charge in [-0.05, 0) is 53.4 Å². The lowest BCUT2D eigenvalue weighted by molar-refractivity contribution is 0.207. The van der Waals surface area contributed by atoms with Gasteiger partial charge in [0.25, 0.3) is 0 Å². The van der Waals surface area contributed by atoms with Gasteiger partial charge in [-0.2, -0.15) is 0 Å². The van der Waals surface area contributed by atoms with E-state index in [0.29, 0.717) is 0 Å². The highest BCUT2D eigenvalue weighted by Gasteiger charge is 2.37. The second-order valence-electron chi connectivity index (χ2n) is 7.63. The van der Waals surface area contributed by atoms with Crippen molar-refractivity contribution in [2.75, 3.05) is 24.8 Å². The number of rotatable bonds is 14. The van der Waals surface area contributed by atoms with Crippen LogP contribution in [0.2, 0.25) is 0 Å². The molecule has 11 heteroatoms. The van der Waals surface area contributed by atoms with E-state index in [1.165, 1.54) is 11.1 Å². The summed E-state index contributed by atoms with van der Waals surface area (Å²) in [5.74, 6) is -2.16. The van der Waals surface area contributed by atoms with Crippen LogP contribution in [-0.2, 0) is 18.4 Å². The monoisotopic (exact) mass is 472 g/mol. The predicted octanol–water partition coefficient (Wildman–Crippen LogP) is 5.01. The van der Waals surface area contributed by atoms with Gasteiger partial charge >= 0.3 is 15.2 Å². The van der Waals surface area contributed by atoms with Crippen LogP contribution < -0.4 is 0 Å². The average Bonchev–Trinajstić information content (AvgIpc) is 2.47. The SMILES string of the molecule is CC(C)=CCCC(C)=CCCC(C)=CCOCP(=O)(CP(=O)(O)O)CP(=O)(O)O. The third kappa shape index (κ3) is 18.2. The zero-order valence-corrected chi connectivity index (χ0v) is 20.3. The first-order chi connectivity index (χ1) is 13.1. The van der Waals surface area contributed by atoms with Crippen molar-refractivity contribution in [1.82, 2.24) is 0 Å². The topological polar surface area (TPSA) is 141 Å². The molecule has 0 aromatic heterocycles. The van der Waals surface area contributed by atoms with Crippen molar-refractivity contribution in [1.29, 1.82) is 0 Å². The van der Waals surface area contributed by atoms with Gasteiger partial charge in [0.05, 0.1) is 6.61 Å². The molecule has 0 saturated carbocycles. The molecule has 0 heterocycles. The second kappa shape index (κ2) is 13.2. The number of allylic oxidation sites excluding steroid dienone is 5. The van der Waals surface area contributed by atoms with E-state index in [2.05, 4.69) is 32.9 Å². The summed E-state index contributed by atoms with van der Waals surface area (Å²) in [4.78, 5) is 36.1. The Morgan fingerprint density at radius 1 is 0.759 bits per heavy atom. The Balaban J connectivity index is 4.52. The molecule has 29 heavy (non-hydrogen) atoms. The van der Waals surface area contributed by atoms with E-state index in [0.717, 1.165) is 31.3 Å². The van der Waals surface area contributed by atoms with Crippen LogP contribution in [0.4, 0.5) is 0 Å². The first-order valence-electron chi connectivity index (χ1n) is 9.30. The van der Waals surface area contributed by atoms with Crippen molar-refractivity contribution in [3.8, 4) is 0 Å².